The molecule has 0 spiro atoms. The third kappa shape index (κ3) is 6.06. The van der Waals surface area contributed by atoms with Gasteiger partial charge in [-0.2, -0.15) is 0 Å². The normalized spacial score (nSPS) is 19.4. The highest BCUT2D eigenvalue weighted by Gasteiger charge is 2.44. The van der Waals surface area contributed by atoms with Crippen LogP contribution in [0.5, 0.6) is 0 Å². The number of amides is 2. The molecule has 8 heteroatoms. The lowest BCUT2D eigenvalue weighted by Gasteiger charge is -2.34. The molecule has 0 radical (unpaired) electrons. The van der Waals surface area contributed by atoms with Crippen molar-refractivity contribution < 1.29 is 19.5 Å². The Kier molecular flexibility index (Phi) is 7.69. The van der Waals surface area contributed by atoms with Crippen molar-refractivity contribution in [2.75, 3.05) is 6.54 Å². The fourth-order valence-electron chi connectivity index (χ4n) is 4.22. The van der Waals surface area contributed by atoms with Crippen LogP contribution in [0, 0.1) is 18.3 Å². The fraction of sp³-hybridized carbons (Fsp3) is 0.520. The highest BCUT2D eigenvalue weighted by Crippen LogP contribution is 2.33. The lowest BCUT2D eigenvalue weighted by molar-refractivity contribution is -0.146. The first-order chi connectivity index (χ1) is 15.5. The number of Topliss-reactive ketones (excluding diaryl/α,β-unsaturated/α-hetero) is 1. The van der Waals surface area contributed by atoms with E-state index >= 15 is 0 Å². The van der Waals surface area contributed by atoms with Crippen LogP contribution in [-0.2, 0) is 20.9 Å². The monoisotopic (exact) mass is 471 g/mol. The van der Waals surface area contributed by atoms with Crippen LogP contribution in [0.1, 0.15) is 51.8 Å². The predicted molar refractivity (Wildman–Crippen MR) is 129 cm³/mol. The number of hydrogen-bond acceptors (Lipinski definition) is 6. The van der Waals surface area contributed by atoms with Crippen LogP contribution in [0.4, 0.5) is 0 Å². The number of aliphatic hydroxyl groups excluding tert-OH is 1. The van der Waals surface area contributed by atoms with Crippen molar-refractivity contribution in [1.82, 2.24) is 15.2 Å². The third-order valence-electron chi connectivity index (χ3n) is 6.13. The van der Waals surface area contributed by atoms with Crippen molar-refractivity contribution in [3.63, 3.8) is 0 Å². The number of aryl methyl sites for hydroxylation is 1. The minimum absolute atomic E-state index is 0.0685. The number of nitrogens with zero attached hydrogens (tertiary/aromatic N) is 2. The largest absolute Gasteiger partial charge is 0.391 e. The maximum Gasteiger partial charge on any atom is 0.243 e. The van der Waals surface area contributed by atoms with Gasteiger partial charge in [0, 0.05) is 31.8 Å². The van der Waals surface area contributed by atoms with Crippen molar-refractivity contribution >= 4 is 28.9 Å². The molecule has 178 valence electrons. The number of aliphatic hydroxyl groups is 1. The lowest BCUT2D eigenvalue weighted by Crippen LogP contribution is -2.50. The molecule has 1 aromatic heterocycles. The summed E-state index contributed by atoms with van der Waals surface area (Å²) in [6.07, 6.45) is -0.447. The SMILES string of the molecule is CC(=O)C[C@@H](C(=O)N1C[C@@H](O)C[C@@H]1C(=O)NCc1ccc(-c2scnc2C)cc1)C(C)(C)C. The number of likely N-dealkylation sites (tertiary alicyclic amines) is 1. The second-order valence-corrected chi connectivity index (χ2v) is 10.8. The molecule has 0 saturated carbocycles. The summed E-state index contributed by atoms with van der Waals surface area (Å²) >= 11 is 1.59. The number of benzene rings is 1. The molecule has 0 bridgehead atoms. The molecule has 0 unspecified atom stereocenters. The minimum Gasteiger partial charge on any atom is -0.391 e. The van der Waals surface area contributed by atoms with Crippen molar-refractivity contribution in [2.45, 2.75) is 66.2 Å². The van der Waals surface area contributed by atoms with Crippen LogP contribution in [0.15, 0.2) is 29.8 Å². The van der Waals surface area contributed by atoms with Gasteiger partial charge >= 0.3 is 0 Å². The molecule has 2 amide bonds. The van der Waals surface area contributed by atoms with Crippen LogP contribution in [0.2, 0.25) is 0 Å². The highest BCUT2D eigenvalue weighted by atomic mass is 32.1. The predicted octanol–water partition coefficient (Wildman–Crippen LogP) is 3.34. The molecule has 1 aliphatic heterocycles. The Morgan fingerprint density at radius 2 is 1.91 bits per heavy atom. The Balaban J connectivity index is 1.67. The zero-order chi connectivity index (χ0) is 24.3. The van der Waals surface area contributed by atoms with Gasteiger partial charge in [0.25, 0.3) is 0 Å². The maximum absolute atomic E-state index is 13.3. The van der Waals surface area contributed by atoms with Gasteiger partial charge in [-0.1, -0.05) is 45.0 Å². The van der Waals surface area contributed by atoms with Gasteiger partial charge in [0.1, 0.15) is 11.8 Å². The molecular formula is C25H33N3O4S. The Labute approximate surface area is 199 Å². The molecule has 2 N–H and O–H groups in total. The van der Waals surface area contributed by atoms with E-state index in [1.807, 2.05) is 57.5 Å². The van der Waals surface area contributed by atoms with Crippen molar-refractivity contribution in [3.8, 4) is 10.4 Å². The van der Waals surface area contributed by atoms with Crippen molar-refractivity contribution in [3.05, 3.63) is 41.0 Å². The van der Waals surface area contributed by atoms with Gasteiger partial charge in [-0.3, -0.25) is 9.59 Å². The summed E-state index contributed by atoms with van der Waals surface area (Å²) in [5, 5.41) is 13.1. The molecule has 0 aliphatic carbocycles. The topological polar surface area (TPSA) is 99.6 Å². The summed E-state index contributed by atoms with van der Waals surface area (Å²) in [6.45, 7) is 9.61. The summed E-state index contributed by atoms with van der Waals surface area (Å²) in [4.78, 5) is 44.9. The first-order valence-corrected chi connectivity index (χ1v) is 12.1. The molecule has 1 saturated heterocycles. The summed E-state index contributed by atoms with van der Waals surface area (Å²) < 4.78 is 0. The highest BCUT2D eigenvalue weighted by molar-refractivity contribution is 7.13. The Morgan fingerprint density at radius 3 is 2.45 bits per heavy atom. The van der Waals surface area contributed by atoms with Gasteiger partial charge < -0.3 is 20.1 Å². The Hall–Kier alpha value is -2.58. The first kappa shape index (κ1) is 25.1. The number of nitrogens with one attached hydrogen (secondary N) is 1. The van der Waals surface area contributed by atoms with Crippen LogP contribution in [0.25, 0.3) is 10.4 Å². The van der Waals surface area contributed by atoms with E-state index in [9.17, 15) is 19.5 Å². The maximum atomic E-state index is 13.3. The van der Waals surface area contributed by atoms with E-state index in [1.54, 1.807) is 11.3 Å². The van der Waals surface area contributed by atoms with Gasteiger partial charge in [-0.25, -0.2) is 4.98 Å². The summed E-state index contributed by atoms with van der Waals surface area (Å²) in [7, 11) is 0. The van der Waals surface area contributed by atoms with Gasteiger partial charge in [-0.15, -0.1) is 11.3 Å². The van der Waals surface area contributed by atoms with Crippen LogP contribution in [0.3, 0.4) is 0 Å². The molecular weight excluding hydrogens is 438 g/mol. The van der Waals surface area contributed by atoms with Crippen LogP contribution in [-0.4, -0.2) is 51.3 Å². The van der Waals surface area contributed by atoms with E-state index in [-0.39, 0.29) is 37.0 Å². The smallest absolute Gasteiger partial charge is 0.243 e. The number of rotatable bonds is 7. The van der Waals surface area contributed by atoms with Crippen molar-refractivity contribution in [2.24, 2.45) is 11.3 Å². The Morgan fingerprint density at radius 1 is 1.24 bits per heavy atom. The molecule has 3 rings (SSSR count). The van der Waals surface area contributed by atoms with Crippen LogP contribution < -0.4 is 5.32 Å². The number of ketones is 1. The zero-order valence-corrected chi connectivity index (χ0v) is 20.7. The number of β-amino-alcohol motifs (C(OH)–C–C–N with tert-alkyl or cyclic N) is 1. The average molecular weight is 472 g/mol. The molecule has 33 heavy (non-hydrogen) atoms. The summed E-state index contributed by atoms with van der Waals surface area (Å²) in [5.41, 5.74) is 4.40. The van der Waals surface area contributed by atoms with E-state index in [4.69, 9.17) is 0 Å². The molecule has 7 nitrogen and oxygen atoms in total. The van der Waals surface area contributed by atoms with Gasteiger partial charge in [0.2, 0.25) is 11.8 Å². The fourth-order valence-corrected chi connectivity index (χ4v) is 5.03. The third-order valence-corrected chi connectivity index (χ3v) is 7.11. The van der Waals surface area contributed by atoms with E-state index < -0.39 is 23.5 Å². The summed E-state index contributed by atoms with van der Waals surface area (Å²) in [5.74, 6) is -1.16. The van der Waals surface area contributed by atoms with Crippen molar-refractivity contribution in [1.29, 1.82) is 0 Å². The first-order valence-electron chi connectivity index (χ1n) is 11.2. The van der Waals surface area contributed by atoms with E-state index in [2.05, 4.69) is 10.3 Å². The van der Waals surface area contributed by atoms with Gasteiger partial charge in [0.15, 0.2) is 0 Å². The molecule has 1 fully saturated rings. The van der Waals surface area contributed by atoms with Gasteiger partial charge in [-0.05, 0) is 30.4 Å². The second kappa shape index (κ2) is 10.1. The number of carbonyl (C=O) groups is 3. The van der Waals surface area contributed by atoms with Crippen LogP contribution >= 0.6 is 11.3 Å². The number of carbonyl (C=O) groups excluding carboxylic acids is 3. The molecule has 1 aromatic carbocycles. The Bertz CT molecular complexity index is 1010. The average Bonchev–Trinajstić information content (AvgIpc) is 3.35. The second-order valence-electron chi connectivity index (χ2n) is 9.90. The number of hydrogen-bond donors (Lipinski definition) is 2. The zero-order valence-electron chi connectivity index (χ0n) is 19.9. The summed E-state index contributed by atoms with van der Waals surface area (Å²) in [6, 6.07) is 7.19. The number of thiazole rings is 1. The quantitative estimate of drug-likeness (QED) is 0.645. The minimum atomic E-state index is -0.760. The van der Waals surface area contributed by atoms with E-state index in [0.717, 1.165) is 21.7 Å². The molecule has 2 aromatic rings. The van der Waals surface area contributed by atoms with E-state index in [1.165, 1.54) is 11.8 Å². The standard InChI is InChI=1S/C25H33N3O4S/c1-15(29)10-20(25(3,4)5)24(32)28-13-19(30)11-21(28)23(31)26-12-17-6-8-18(9-7-17)22-16(2)27-14-33-22/h6-9,14,19-21,30H,10-13H2,1-5H3,(H,26,31)/t19-,20-,21+/m0/s1. The molecule has 1 aliphatic rings. The molecule has 2 heterocycles. The molecule has 3 atom stereocenters. The van der Waals surface area contributed by atoms with Gasteiger partial charge in [0.05, 0.1) is 22.2 Å². The number of aromatic nitrogens is 1. The van der Waals surface area contributed by atoms with E-state index in [0.29, 0.717) is 6.54 Å². The lowest BCUT2D eigenvalue weighted by atomic mass is 9.77.